The SMILES string of the molecule is COC(=O)C12C=c3ccccc3=C1N=NC(=C=O)O2. The number of fused-ring (bicyclic) bond motifs is 2. The molecule has 1 aromatic carbocycles. The lowest BCUT2D eigenvalue weighted by Crippen LogP contribution is -2.42. The second-order valence-electron chi connectivity index (χ2n) is 4.02. The van der Waals surface area contributed by atoms with Gasteiger partial charge in [0.2, 0.25) is 0 Å². The summed E-state index contributed by atoms with van der Waals surface area (Å²) in [5.41, 5.74) is -1.23. The van der Waals surface area contributed by atoms with Crippen LogP contribution in [0.25, 0.3) is 11.8 Å². The molecule has 0 N–H and O–H groups in total. The highest BCUT2D eigenvalue weighted by molar-refractivity contribution is 6.01. The molecule has 1 aromatic rings. The molecule has 0 aromatic heterocycles. The van der Waals surface area contributed by atoms with Crippen molar-refractivity contribution in [2.75, 3.05) is 7.11 Å². The summed E-state index contributed by atoms with van der Waals surface area (Å²) in [6, 6.07) is 7.25. The number of carbonyl (C=O) groups is 1. The van der Waals surface area contributed by atoms with Gasteiger partial charge >= 0.3 is 11.9 Å². The van der Waals surface area contributed by atoms with Gasteiger partial charge in [-0.2, -0.15) is 0 Å². The van der Waals surface area contributed by atoms with Crippen LogP contribution in [-0.2, 0) is 19.1 Å². The Labute approximate surface area is 107 Å². The minimum atomic E-state index is -1.55. The molecule has 0 spiro atoms. The van der Waals surface area contributed by atoms with Gasteiger partial charge in [-0.3, -0.25) is 0 Å². The van der Waals surface area contributed by atoms with Crippen molar-refractivity contribution in [3.05, 3.63) is 40.6 Å². The Hall–Kier alpha value is -2.72. The molecule has 3 rings (SSSR count). The van der Waals surface area contributed by atoms with Gasteiger partial charge in [0.15, 0.2) is 5.94 Å². The van der Waals surface area contributed by atoms with Gasteiger partial charge in [0.25, 0.3) is 5.60 Å². The fraction of sp³-hybridized carbons (Fsp3) is 0.154. The van der Waals surface area contributed by atoms with E-state index in [2.05, 4.69) is 10.2 Å². The van der Waals surface area contributed by atoms with E-state index in [1.165, 1.54) is 13.1 Å². The maximum Gasteiger partial charge on any atom is 0.361 e. The second kappa shape index (κ2) is 3.90. The third-order valence-electron chi connectivity index (χ3n) is 3.00. The highest BCUT2D eigenvalue weighted by Gasteiger charge is 2.50. The van der Waals surface area contributed by atoms with Gasteiger partial charge in [-0.15, -0.1) is 10.2 Å². The van der Waals surface area contributed by atoms with E-state index >= 15 is 0 Å². The number of esters is 1. The maximum atomic E-state index is 12.1. The van der Waals surface area contributed by atoms with Gasteiger partial charge in [-0.25, -0.2) is 9.59 Å². The van der Waals surface area contributed by atoms with Crippen LogP contribution in [0, 0.1) is 0 Å². The zero-order valence-electron chi connectivity index (χ0n) is 9.91. The van der Waals surface area contributed by atoms with Gasteiger partial charge < -0.3 is 9.47 Å². The Balaban J connectivity index is 2.37. The standard InChI is InChI=1S/C13H8N2O4/c1-18-12(17)13-6-8-4-2-3-5-9(8)11(13)15-14-10(7-16)19-13/h2-6H,1H3. The number of carbonyl (C=O) groups excluding carboxylic acids is 2. The van der Waals surface area contributed by atoms with Crippen molar-refractivity contribution in [3.8, 4) is 0 Å². The Morgan fingerprint density at radius 2 is 2.16 bits per heavy atom. The third kappa shape index (κ3) is 1.44. The monoisotopic (exact) mass is 256 g/mol. The number of methoxy groups -OCH3 is 1. The molecule has 1 unspecified atom stereocenters. The van der Waals surface area contributed by atoms with Crippen LogP contribution in [0.4, 0.5) is 0 Å². The zero-order chi connectivity index (χ0) is 13.5. The van der Waals surface area contributed by atoms with Crippen molar-refractivity contribution < 1.29 is 19.1 Å². The Kier molecular flexibility index (Phi) is 2.33. The highest BCUT2D eigenvalue weighted by atomic mass is 16.6. The normalized spacial score (nSPS) is 22.8. The summed E-state index contributed by atoms with van der Waals surface area (Å²) in [4.78, 5) is 22.7. The Morgan fingerprint density at radius 3 is 2.89 bits per heavy atom. The van der Waals surface area contributed by atoms with E-state index < -0.39 is 11.6 Å². The summed E-state index contributed by atoms with van der Waals surface area (Å²) in [5.74, 6) is 0.451. The van der Waals surface area contributed by atoms with E-state index in [0.717, 1.165) is 10.4 Å². The van der Waals surface area contributed by atoms with Crippen LogP contribution in [0.2, 0.25) is 0 Å². The fourth-order valence-electron chi connectivity index (χ4n) is 2.19. The minimum absolute atomic E-state index is 0.314. The van der Waals surface area contributed by atoms with Crippen molar-refractivity contribution in [1.82, 2.24) is 0 Å². The first-order chi connectivity index (χ1) is 9.21. The molecule has 1 aliphatic carbocycles. The number of ether oxygens (including phenoxy) is 2. The molecule has 0 fully saturated rings. The van der Waals surface area contributed by atoms with Crippen molar-refractivity contribution >= 4 is 23.7 Å². The third-order valence-corrected chi connectivity index (χ3v) is 3.00. The van der Waals surface area contributed by atoms with Gasteiger partial charge in [0, 0.05) is 5.22 Å². The average molecular weight is 256 g/mol. The molecule has 1 atom stereocenters. The van der Waals surface area contributed by atoms with Crippen molar-refractivity contribution in [1.29, 1.82) is 0 Å². The van der Waals surface area contributed by atoms with E-state index in [9.17, 15) is 9.59 Å². The Morgan fingerprint density at radius 1 is 1.37 bits per heavy atom. The first-order valence-corrected chi connectivity index (χ1v) is 5.48. The quantitative estimate of drug-likeness (QED) is 0.508. The van der Waals surface area contributed by atoms with Crippen LogP contribution in [0.3, 0.4) is 0 Å². The predicted octanol–water partition coefficient (Wildman–Crippen LogP) is -0.344. The lowest BCUT2D eigenvalue weighted by Gasteiger charge is -2.27. The average Bonchev–Trinajstić information content (AvgIpc) is 2.80. The molecule has 0 bridgehead atoms. The van der Waals surface area contributed by atoms with Gasteiger partial charge in [-0.05, 0) is 11.3 Å². The summed E-state index contributed by atoms with van der Waals surface area (Å²) in [6.07, 6.45) is 1.57. The Bertz CT molecular complexity index is 774. The predicted molar refractivity (Wildman–Crippen MR) is 63.5 cm³/mol. The molecular weight excluding hydrogens is 248 g/mol. The van der Waals surface area contributed by atoms with Crippen LogP contribution in [0.15, 0.2) is 40.4 Å². The molecule has 94 valence electrons. The fourth-order valence-corrected chi connectivity index (χ4v) is 2.19. The number of nitrogens with zero attached hydrogens (tertiary/aromatic N) is 2. The molecule has 6 heteroatoms. The topological polar surface area (TPSA) is 77.3 Å². The van der Waals surface area contributed by atoms with Crippen LogP contribution < -0.4 is 10.4 Å². The first-order valence-electron chi connectivity index (χ1n) is 5.48. The lowest BCUT2D eigenvalue weighted by atomic mass is 10.0. The maximum absolute atomic E-state index is 12.1. The summed E-state index contributed by atoms with van der Waals surface area (Å²) < 4.78 is 10.1. The van der Waals surface area contributed by atoms with Gasteiger partial charge in [-0.1, -0.05) is 24.3 Å². The molecule has 6 nitrogen and oxygen atoms in total. The van der Waals surface area contributed by atoms with E-state index in [1.807, 2.05) is 18.2 Å². The molecule has 0 saturated carbocycles. The smallest absolute Gasteiger partial charge is 0.361 e. The van der Waals surface area contributed by atoms with Crippen molar-refractivity contribution in [3.63, 3.8) is 0 Å². The van der Waals surface area contributed by atoms with Gasteiger partial charge in [0.05, 0.1) is 7.11 Å². The molecule has 0 saturated heterocycles. The van der Waals surface area contributed by atoms with E-state index in [0.29, 0.717) is 5.70 Å². The molecule has 0 amide bonds. The molecular formula is C13H8N2O4. The van der Waals surface area contributed by atoms with Crippen LogP contribution in [0.1, 0.15) is 0 Å². The molecule has 1 heterocycles. The highest BCUT2D eigenvalue weighted by Crippen LogP contribution is 2.35. The number of hydrogen-bond acceptors (Lipinski definition) is 6. The van der Waals surface area contributed by atoms with Crippen LogP contribution >= 0.6 is 0 Å². The van der Waals surface area contributed by atoms with Crippen molar-refractivity contribution in [2.24, 2.45) is 10.2 Å². The number of rotatable bonds is 1. The van der Waals surface area contributed by atoms with Crippen LogP contribution in [-0.4, -0.2) is 24.6 Å². The van der Waals surface area contributed by atoms with E-state index in [4.69, 9.17) is 9.47 Å². The number of azo groups is 1. The largest absolute Gasteiger partial charge is 0.465 e. The van der Waals surface area contributed by atoms with Crippen LogP contribution in [0.5, 0.6) is 0 Å². The number of hydrogen-bond donors (Lipinski definition) is 0. The molecule has 2 aliphatic rings. The van der Waals surface area contributed by atoms with Crippen molar-refractivity contribution in [2.45, 2.75) is 5.60 Å². The van der Waals surface area contributed by atoms with Gasteiger partial charge in [0.1, 0.15) is 5.70 Å². The summed E-state index contributed by atoms with van der Waals surface area (Å²) >= 11 is 0. The van der Waals surface area contributed by atoms with E-state index in [1.54, 1.807) is 12.1 Å². The zero-order valence-corrected chi connectivity index (χ0v) is 9.91. The minimum Gasteiger partial charge on any atom is -0.465 e. The summed E-state index contributed by atoms with van der Waals surface area (Å²) in [5, 5.41) is 8.99. The molecule has 19 heavy (non-hydrogen) atoms. The molecule has 1 aliphatic heterocycles. The number of benzene rings is 1. The second-order valence-corrected chi connectivity index (χ2v) is 4.02. The first kappa shape index (κ1) is 11.4. The summed E-state index contributed by atoms with van der Waals surface area (Å²) in [6.45, 7) is 0. The molecule has 0 radical (unpaired) electrons. The lowest BCUT2D eigenvalue weighted by molar-refractivity contribution is -0.153. The van der Waals surface area contributed by atoms with E-state index in [-0.39, 0.29) is 5.88 Å². The summed E-state index contributed by atoms with van der Waals surface area (Å²) in [7, 11) is 1.24.